The highest BCUT2D eigenvalue weighted by Gasteiger charge is 2.13. The molecule has 0 heterocycles. The summed E-state index contributed by atoms with van der Waals surface area (Å²) in [4.78, 5) is 11.1. The van der Waals surface area contributed by atoms with Crippen molar-refractivity contribution in [1.29, 1.82) is 0 Å². The molecule has 3 heteroatoms. The van der Waals surface area contributed by atoms with Gasteiger partial charge in [-0.15, -0.1) is 0 Å². The Morgan fingerprint density at radius 3 is 2.67 bits per heavy atom. The van der Waals surface area contributed by atoms with Crippen LogP contribution < -0.4 is 11.1 Å². The molecule has 18 heavy (non-hydrogen) atoms. The van der Waals surface area contributed by atoms with Gasteiger partial charge in [0.1, 0.15) is 0 Å². The third-order valence-electron chi connectivity index (χ3n) is 3.81. The highest BCUT2D eigenvalue weighted by atomic mass is 16.1. The van der Waals surface area contributed by atoms with E-state index in [2.05, 4.69) is 5.32 Å². The molecule has 0 radical (unpaired) electrons. The van der Waals surface area contributed by atoms with Crippen molar-refractivity contribution in [3.8, 4) is 0 Å². The van der Waals surface area contributed by atoms with Gasteiger partial charge in [-0.2, -0.15) is 0 Å². The van der Waals surface area contributed by atoms with Gasteiger partial charge in [-0.25, -0.2) is 0 Å². The number of hydrogen-bond acceptors (Lipinski definition) is 2. The molecule has 0 aromatic heterocycles. The average molecular weight is 246 g/mol. The highest BCUT2D eigenvalue weighted by Crippen LogP contribution is 2.18. The molecule has 2 rings (SSSR count). The zero-order valence-corrected chi connectivity index (χ0v) is 11.0. The zero-order valence-electron chi connectivity index (χ0n) is 11.0. The number of nitrogens with two attached hydrogens (primary N) is 1. The number of benzene rings is 1. The second-order valence-corrected chi connectivity index (χ2v) is 5.22. The van der Waals surface area contributed by atoms with Crippen LogP contribution in [0.1, 0.15) is 53.6 Å². The van der Waals surface area contributed by atoms with Crippen LogP contribution in [0.2, 0.25) is 0 Å². The minimum atomic E-state index is -0.357. The minimum absolute atomic E-state index is 0.357. The number of amides is 1. The van der Waals surface area contributed by atoms with Crippen LogP contribution in [0.15, 0.2) is 18.2 Å². The third kappa shape index (κ3) is 3.33. The fourth-order valence-electron chi connectivity index (χ4n) is 2.61. The molecule has 1 amide bonds. The minimum Gasteiger partial charge on any atom is -0.366 e. The van der Waals surface area contributed by atoms with E-state index in [9.17, 15) is 4.79 Å². The summed E-state index contributed by atoms with van der Waals surface area (Å²) < 4.78 is 0. The molecule has 0 bridgehead atoms. The van der Waals surface area contributed by atoms with Crippen molar-refractivity contribution in [1.82, 2.24) is 5.32 Å². The first-order chi connectivity index (χ1) is 8.66. The Hall–Kier alpha value is -1.35. The molecule has 0 spiro atoms. The lowest BCUT2D eigenvalue weighted by molar-refractivity contribution is 0.1000. The van der Waals surface area contributed by atoms with Gasteiger partial charge in [0.05, 0.1) is 0 Å². The molecule has 3 N–H and O–H groups in total. The fraction of sp³-hybridized carbons (Fsp3) is 0.533. The summed E-state index contributed by atoms with van der Waals surface area (Å²) in [5.74, 6) is -0.357. The molecular weight excluding hydrogens is 224 g/mol. The zero-order chi connectivity index (χ0) is 13.0. The van der Waals surface area contributed by atoms with Crippen LogP contribution >= 0.6 is 0 Å². The quantitative estimate of drug-likeness (QED) is 0.857. The van der Waals surface area contributed by atoms with Crippen molar-refractivity contribution in [2.45, 2.75) is 51.6 Å². The van der Waals surface area contributed by atoms with Crippen molar-refractivity contribution in [2.24, 2.45) is 5.73 Å². The first-order valence-corrected chi connectivity index (χ1v) is 6.79. The lowest BCUT2D eigenvalue weighted by Gasteiger charge is -2.23. The maximum atomic E-state index is 11.1. The molecule has 1 aliphatic rings. The van der Waals surface area contributed by atoms with Gasteiger partial charge < -0.3 is 11.1 Å². The topological polar surface area (TPSA) is 55.1 Å². The van der Waals surface area contributed by atoms with Gasteiger partial charge in [-0.05, 0) is 43.0 Å². The van der Waals surface area contributed by atoms with Gasteiger partial charge in [0.25, 0.3) is 0 Å². The fourth-order valence-corrected chi connectivity index (χ4v) is 2.61. The van der Waals surface area contributed by atoms with Crippen LogP contribution in [-0.2, 0) is 6.54 Å². The van der Waals surface area contributed by atoms with E-state index in [0.717, 1.165) is 12.1 Å². The molecule has 0 atom stereocenters. The second-order valence-electron chi connectivity index (χ2n) is 5.22. The van der Waals surface area contributed by atoms with E-state index in [4.69, 9.17) is 5.73 Å². The van der Waals surface area contributed by atoms with E-state index < -0.39 is 0 Å². The monoisotopic (exact) mass is 246 g/mol. The summed E-state index contributed by atoms with van der Waals surface area (Å²) >= 11 is 0. The van der Waals surface area contributed by atoms with E-state index >= 15 is 0 Å². The summed E-state index contributed by atoms with van der Waals surface area (Å²) in [6, 6.07) is 6.35. The average Bonchev–Trinajstić information content (AvgIpc) is 2.38. The molecule has 0 aliphatic heterocycles. The lowest BCUT2D eigenvalue weighted by atomic mass is 9.95. The molecule has 0 saturated heterocycles. The molecule has 1 aromatic carbocycles. The maximum Gasteiger partial charge on any atom is 0.248 e. The van der Waals surface area contributed by atoms with Gasteiger partial charge in [-0.3, -0.25) is 4.79 Å². The van der Waals surface area contributed by atoms with E-state index in [-0.39, 0.29) is 5.91 Å². The summed E-state index contributed by atoms with van der Waals surface area (Å²) in [6.45, 7) is 2.92. The SMILES string of the molecule is Cc1cc(C(N)=O)ccc1CNC1CCCCC1. The van der Waals surface area contributed by atoms with Gasteiger partial charge in [0.15, 0.2) is 0 Å². The number of carbonyl (C=O) groups excluding carboxylic acids is 1. The first-order valence-electron chi connectivity index (χ1n) is 6.79. The highest BCUT2D eigenvalue weighted by molar-refractivity contribution is 5.93. The summed E-state index contributed by atoms with van der Waals surface area (Å²) in [5, 5.41) is 3.61. The van der Waals surface area contributed by atoms with E-state index in [1.54, 1.807) is 0 Å². The van der Waals surface area contributed by atoms with Crippen LogP contribution in [0, 0.1) is 6.92 Å². The predicted octanol–water partition coefficient (Wildman–Crippen LogP) is 2.52. The summed E-state index contributed by atoms with van der Waals surface area (Å²) in [7, 11) is 0. The van der Waals surface area contributed by atoms with Gasteiger partial charge in [0, 0.05) is 18.2 Å². The summed E-state index contributed by atoms with van der Waals surface area (Å²) in [5.41, 5.74) is 8.25. The van der Waals surface area contributed by atoms with Crippen molar-refractivity contribution in [3.63, 3.8) is 0 Å². The van der Waals surface area contributed by atoms with E-state index in [1.807, 2.05) is 25.1 Å². The van der Waals surface area contributed by atoms with Crippen LogP contribution in [0.4, 0.5) is 0 Å². The number of primary amides is 1. The molecule has 3 nitrogen and oxygen atoms in total. The smallest absolute Gasteiger partial charge is 0.248 e. The number of hydrogen-bond donors (Lipinski definition) is 2. The second kappa shape index (κ2) is 6.01. The van der Waals surface area contributed by atoms with Crippen LogP contribution in [0.3, 0.4) is 0 Å². The standard InChI is InChI=1S/C15H22N2O/c1-11-9-12(15(16)18)7-8-13(11)10-17-14-5-3-2-4-6-14/h7-9,14,17H,2-6,10H2,1H3,(H2,16,18). The first kappa shape index (κ1) is 13.1. The Kier molecular flexibility index (Phi) is 4.37. The van der Waals surface area contributed by atoms with Crippen molar-refractivity contribution in [3.05, 3.63) is 34.9 Å². The molecule has 1 aromatic rings. The maximum absolute atomic E-state index is 11.1. The predicted molar refractivity (Wildman–Crippen MR) is 73.4 cm³/mol. The van der Waals surface area contributed by atoms with Crippen molar-refractivity contribution < 1.29 is 4.79 Å². The largest absolute Gasteiger partial charge is 0.366 e. The van der Waals surface area contributed by atoms with Crippen LogP contribution in [0.25, 0.3) is 0 Å². The number of carbonyl (C=O) groups is 1. The third-order valence-corrected chi connectivity index (χ3v) is 3.81. The molecule has 0 unspecified atom stereocenters. The van der Waals surface area contributed by atoms with Crippen LogP contribution in [-0.4, -0.2) is 11.9 Å². The molecule has 98 valence electrons. The van der Waals surface area contributed by atoms with Crippen molar-refractivity contribution in [2.75, 3.05) is 0 Å². The molecule has 1 fully saturated rings. The Bertz CT molecular complexity index is 423. The Morgan fingerprint density at radius 2 is 2.06 bits per heavy atom. The normalized spacial score (nSPS) is 16.7. The van der Waals surface area contributed by atoms with E-state index in [1.165, 1.54) is 37.7 Å². The molecule has 1 aliphatic carbocycles. The Morgan fingerprint density at radius 1 is 1.33 bits per heavy atom. The number of rotatable bonds is 4. The Labute approximate surface area is 109 Å². The van der Waals surface area contributed by atoms with Gasteiger partial charge in [0.2, 0.25) is 5.91 Å². The van der Waals surface area contributed by atoms with Gasteiger partial charge in [-0.1, -0.05) is 25.3 Å². The molecule has 1 saturated carbocycles. The van der Waals surface area contributed by atoms with Crippen LogP contribution in [0.5, 0.6) is 0 Å². The summed E-state index contributed by atoms with van der Waals surface area (Å²) in [6.07, 6.45) is 6.65. The molecular formula is C15H22N2O. The lowest BCUT2D eigenvalue weighted by Crippen LogP contribution is -2.30. The number of aryl methyl sites for hydroxylation is 1. The Balaban J connectivity index is 1.94. The van der Waals surface area contributed by atoms with Crippen molar-refractivity contribution >= 4 is 5.91 Å². The van der Waals surface area contributed by atoms with Gasteiger partial charge >= 0.3 is 0 Å². The number of nitrogens with one attached hydrogen (secondary N) is 1. The van der Waals surface area contributed by atoms with E-state index in [0.29, 0.717) is 11.6 Å².